The SMILES string of the molecule is O=C(CCn1cnc2ccccc2c1=O)NCCn1nc(-c2ccco2)ccc1=O. The minimum atomic E-state index is -0.270. The van der Waals surface area contributed by atoms with E-state index >= 15 is 0 Å². The van der Waals surface area contributed by atoms with Crippen molar-refractivity contribution in [1.29, 1.82) is 0 Å². The van der Waals surface area contributed by atoms with Gasteiger partial charge in [-0.1, -0.05) is 12.1 Å². The summed E-state index contributed by atoms with van der Waals surface area (Å²) in [5.41, 5.74) is 0.708. The molecule has 0 atom stereocenters. The fraction of sp³-hybridized carbons (Fsp3) is 0.190. The van der Waals surface area contributed by atoms with E-state index in [4.69, 9.17) is 4.42 Å². The van der Waals surface area contributed by atoms with Crippen LogP contribution in [0.3, 0.4) is 0 Å². The Labute approximate surface area is 170 Å². The van der Waals surface area contributed by atoms with Crippen LogP contribution in [0.2, 0.25) is 0 Å². The maximum atomic E-state index is 12.4. The molecule has 1 aromatic carbocycles. The quantitative estimate of drug-likeness (QED) is 0.498. The predicted molar refractivity (Wildman–Crippen MR) is 110 cm³/mol. The highest BCUT2D eigenvalue weighted by atomic mass is 16.3. The van der Waals surface area contributed by atoms with E-state index in [2.05, 4.69) is 15.4 Å². The number of benzene rings is 1. The maximum absolute atomic E-state index is 12.4. The van der Waals surface area contributed by atoms with Crippen molar-refractivity contribution in [1.82, 2.24) is 24.6 Å². The first-order chi connectivity index (χ1) is 14.6. The van der Waals surface area contributed by atoms with Gasteiger partial charge < -0.3 is 9.73 Å². The van der Waals surface area contributed by atoms with Crippen LogP contribution in [0.25, 0.3) is 22.4 Å². The molecule has 0 fully saturated rings. The maximum Gasteiger partial charge on any atom is 0.266 e. The summed E-state index contributed by atoms with van der Waals surface area (Å²) < 4.78 is 7.98. The first-order valence-corrected chi connectivity index (χ1v) is 9.45. The number of rotatable bonds is 7. The average molecular weight is 405 g/mol. The van der Waals surface area contributed by atoms with Crippen LogP contribution in [0.5, 0.6) is 0 Å². The van der Waals surface area contributed by atoms with E-state index in [-0.39, 0.29) is 43.1 Å². The van der Waals surface area contributed by atoms with Crippen molar-refractivity contribution >= 4 is 16.8 Å². The number of hydrogen-bond donors (Lipinski definition) is 1. The third-order valence-corrected chi connectivity index (χ3v) is 4.60. The van der Waals surface area contributed by atoms with Crippen molar-refractivity contribution in [3.05, 3.63) is 81.8 Å². The summed E-state index contributed by atoms with van der Waals surface area (Å²) in [7, 11) is 0. The number of nitrogens with one attached hydrogen (secondary N) is 1. The first-order valence-electron chi connectivity index (χ1n) is 9.45. The molecule has 3 heterocycles. The third kappa shape index (κ3) is 4.19. The molecule has 0 unspecified atom stereocenters. The zero-order valence-electron chi connectivity index (χ0n) is 16.0. The lowest BCUT2D eigenvalue weighted by Gasteiger charge is -2.09. The number of hydrogen-bond acceptors (Lipinski definition) is 6. The van der Waals surface area contributed by atoms with Crippen LogP contribution in [0.1, 0.15) is 6.42 Å². The van der Waals surface area contributed by atoms with Crippen molar-refractivity contribution < 1.29 is 9.21 Å². The molecule has 9 nitrogen and oxygen atoms in total. The van der Waals surface area contributed by atoms with Crippen molar-refractivity contribution in [3.63, 3.8) is 0 Å². The number of carbonyl (C=O) groups excluding carboxylic acids is 1. The largest absolute Gasteiger partial charge is 0.463 e. The Kier molecular flexibility index (Phi) is 5.51. The fourth-order valence-electron chi connectivity index (χ4n) is 3.04. The van der Waals surface area contributed by atoms with E-state index in [9.17, 15) is 14.4 Å². The monoisotopic (exact) mass is 405 g/mol. The van der Waals surface area contributed by atoms with Gasteiger partial charge in [-0.3, -0.25) is 19.0 Å². The van der Waals surface area contributed by atoms with Gasteiger partial charge in [-0.15, -0.1) is 0 Å². The summed E-state index contributed by atoms with van der Waals surface area (Å²) in [6, 6.07) is 13.6. The third-order valence-electron chi connectivity index (χ3n) is 4.60. The molecular weight excluding hydrogens is 386 g/mol. The van der Waals surface area contributed by atoms with Crippen LogP contribution in [-0.2, 0) is 17.9 Å². The Balaban J connectivity index is 1.33. The van der Waals surface area contributed by atoms with E-state index in [1.165, 1.54) is 27.9 Å². The van der Waals surface area contributed by atoms with Crippen molar-refractivity contribution in [2.24, 2.45) is 0 Å². The Morgan fingerprint density at radius 1 is 1.03 bits per heavy atom. The van der Waals surface area contributed by atoms with E-state index in [1.807, 2.05) is 6.07 Å². The second-order valence-electron chi connectivity index (χ2n) is 6.62. The number of aryl methyl sites for hydroxylation is 1. The average Bonchev–Trinajstić information content (AvgIpc) is 3.30. The highest BCUT2D eigenvalue weighted by Crippen LogP contribution is 2.14. The Morgan fingerprint density at radius 2 is 1.90 bits per heavy atom. The number of fused-ring (bicyclic) bond motifs is 1. The summed E-state index contributed by atoms with van der Waals surface area (Å²) in [6.07, 6.45) is 3.10. The molecule has 4 rings (SSSR count). The van der Waals surface area contributed by atoms with E-state index in [0.717, 1.165) is 0 Å². The summed E-state index contributed by atoms with van der Waals surface area (Å²) in [4.78, 5) is 40.8. The second-order valence-corrected chi connectivity index (χ2v) is 6.62. The highest BCUT2D eigenvalue weighted by molar-refractivity contribution is 5.77. The smallest absolute Gasteiger partial charge is 0.266 e. The van der Waals surface area contributed by atoms with Gasteiger partial charge in [0.2, 0.25) is 5.91 Å². The van der Waals surface area contributed by atoms with Crippen molar-refractivity contribution in [3.8, 4) is 11.5 Å². The molecule has 0 radical (unpaired) electrons. The van der Waals surface area contributed by atoms with Crippen molar-refractivity contribution in [2.45, 2.75) is 19.5 Å². The molecule has 0 aliphatic heterocycles. The molecule has 9 heteroatoms. The molecule has 0 saturated heterocycles. The zero-order valence-corrected chi connectivity index (χ0v) is 16.0. The van der Waals surface area contributed by atoms with Gasteiger partial charge in [0.25, 0.3) is 11.1 Å². The minimum absolute atomic E-state index is 0.120. The Morgan fingerprint density at radius 3 is 2.73 bits per heavy atom. The Hall–Kier alpha value is -4.01. The van der Waals surface area contributed by atoms with Crippen LogP contribution in [0, 0.1) is 0 Å². The number of amides is 1. The minimum Gasteiger partial charge on any atom is -0.463 e. The number of furan rings is 1. The summed E-state index contributed by atoms with van der Waals surface area (Å²) >= 11 is 0. The molecule has 4 aromatic rings. The molecule has 0 spiro atoms. The molecule has 30 heavy (non-hydrogen) atoms. The molecule has 0 aliphatic rings. The molecule has 0 saturated carbocycles. The molecule has 1 amide bonds. The normalized spacial score (nSPS) is 10.9. The number of nitrogens with zero attached hydrogens (tertiary/aromatic N) is 4. The van der Waals surface area contributed by atoms with E-state index < -0.39 is 0 Å². The van der Waals surface area contributed by atoms with Gasteiger partial charge in [-0.05, 0) is 30.3 Å². The van der Waals surface area contributed by atoms with E-state index in [1.54, 1.807) is 36.4 Å². The van der Waals surface area contributed by atoms with E-state index in [0.29, 0.717) is 22.4 Å². The number of para-hydroxylation sites is 1. The highest BCUT2D eigenvalue weighted by Gasteiger charge is 2.08. The van der Waals surface area contributed by atoms with Gasteiger partial charge in [-0.25, -0.2) is 9.67 Å². The van der Waals surface area contributed by atoms with Crippen LogP contribution in [-0.4, -0.2) is 31.8 Å². The van der Waals surface area contributed by atoms with Gasteiger partial charge >= 0.3 is 0 Å². The van der Waals surface area contributed by atoms with Crippen LogP contribution < -0.4 is 16.4 Å². The standard InChI is InChI=1S/C21H19N5O4/c27-19(9-11-25-14-23-16-5-2-1-4-15(16)21(25)29)22-10-12-26-20(28)8-7-17(24-26)18-6-3-13-30-18/h1-8,13-14H,9-12H2,(H,22,27). The lowest BCUT2D eigenvalue weighted by Crippen LogP contribution is -2.33. The summed E-state index contributed by atoms with van der Waals surface area (Å²) in [6.45, 7) is 0.670. The van der Waals surface area contributed by atoms with Gasteiger partial charge in [0.15, 0.2) is 5.76 Å². The molecule has 152 valence electrons. The first kappa shape index (κ1) is 19.3. The summed E-state index contributed by atoms with van der Waals surface area (Å²) in [5.74, 6) is 0.326. The Bertz CT molecular complexity index is 1290. The lowest BCUT2D eigenvalue weighted by atomic mass is 10.2. The molecular formula is C21H19N5O4. The number of aromatic nitrogens is 4. The van der Waals surface area contributed by atoms with Gasteiger partial charge in [0.05, 0.1) is 30.0 Å². The molecule has 0 bridgehead atoms. The van der Waals surface area contributed by atoms with Crippen LogP contribution in [0.4, 0.5) is 0 Å². The molecule has 0 aliphatic carbocycles. The number of carbonyl (C=O) groups is 1. The van der Waals surface area contributed by atoms with Crippen LogP contribution in [0.15, 0.2) is 75.1 Å². The van der Waals surface area contributed by atoms with Gasteiger partial charge in [-0.2, -0.15) is 5.10 Å². The molecule has 3 aromatic heterocycles. The van der Waals surface area contributed by atoms with Gasteiger partial charge in [0.1, 0.15) is 5.69 Å². The predicted octanol–water partition coefficient (Wildman–Crippen LogP) is 1.42. The topological polar surface area (TPSA) is 112 Å². The summed E-state index contributed by atoms with van der Waals surface area (Å²) in [5, 5.41) is 7.51. The fourth-order valence-corrected chi connectivity index (χ4v) is 3.04. The lowest BCUT2D eigenvalue weighted by molar-refractivity contribution is -0.121. The second kappa shape index (κ2) is 8.56. The van der Waals surface area contributed by atoms with Crippen molar-refractivity contribution in [2.75, 3.05) is 6.54 Å². The van der Waals surface area contributed by atoms with Gasteiger partial charge in [0, 0.05) is 25.6 Å². The zero-order chi connectivity index (χ0) is 20.9. The van der Waals surface area contributed by atoms with Crippen LogP contribution >= 0.6 is 0 Å². The molecule has 1 N–H and O–H groups in total.